The lowest BCUT2D eigenvalue weighted by atomic mass is 10.1. The molecule has 0 aliphatic heterocycles. The normalized spacial score (nSPS) is 9.64. The largest absolute Gasteiger partial charge is 0.450 e. The molecule has 0 unspecified atom stereocenters. The van der Waals surface area contributed by atoms with Gasteiger partial charge in [0.2, 0.25) is 0 Å². The molecule has 1 radical (unpaired) electrons. The second-order valence-corrected chi connectivity index (χ2v) is 2.95. The highest BCUT2D eigenvalue weighted by Crippen LogP contribution is 2.17. The number of rotatable bonds is 2. The molecule has 0 spiro atoms. The zero-order valence-electron chi connectivity index (χ0n) is 8.46. The fraction of sp³-hybridized carbons (Fsp3) is 0.273. The van der Waals surface area contributed by atoms with Crippen molar-refractivity contribution in [1.29, 1.82) is 0 Å². The van der Waals surface area contributed by atoms with E-state index < -0.39 is 6.09 Å². The van der Waals surface area contributed by atoms with Crippen LogP contribution in [0, 0.1) is 13.8 Å². The third-order valence-electron chi connectivity index (χ3n) is 1.92. The van der Waals surface area contributed by atoms with E-state index in [1.54, 1.807) is 13.0 Å². The molecular weight excluding hydrogens is 178 g/mol. The predicted octanol–water partition coefficient (Wildman–Crippen LogP) is 2.75. The zero-order chi connectivity index (χ0) is 10.6. The van der Waals surface area contributed by atoms with Gasteiger partial charge in [-0.1, -0.05) is 12.1 Å². The number of aryl methyl sites for hydroxylation is 1. The van der Waals surface area contributed by atoms with Crippen LogP contribution in [0.1, 0.15) is 18.1 Å². The standard InChI is InChI=1S/C11H14NO2/c1-4-14-11(13)12-10-7-5-6-8(2)9(10)3/h5-7H,3-4H2,1-2H3,(H,12,13). The monoisotopic (exact) mass is 192 g/mol. The smallest absolute Gasteiger partial charge is 0.411 e. The van der Waals surface area contributed by atoms with Crippen LogP contribution < -0.4 is 5.32 Å². The Morgan fingerprint density at radius 1 is 1.57 bits per heavy atom. The van der Waals surface area contributed by atoms with E-state index in [1.165, 1.54) is 0 Å². The number of hydrogen-bond donors (Lipinski definition) is 1. The SMILES string of the molecule is [CH2]c1c(C)cccc1NC(=O)OCC. The molecule has 3 nitrogen and oxygen atoms in total. The molecule has 14 heavy (non-hydrogen) atoms. The molecule has 1 amide bonds. The summed E-state index contributed by atoms with van der Waals surface area (Å²) in [6, 6.07) is 5.61. The van der Waals surface area contributed by atoms with E-state index in [0.717, 1.165) is 11.1 Å². The summed E-state index contributed by atoms with van der Waals surface area (Å²) in [6.45, 7) is 7.94. The first-order valence-electron chi connectivity index (χ1n) is 4.50. The molecule has 1 aromatic rings. The molecule has 1 N–H and O–H groups in total. The summed E-state index contributed by atoms with van der Waals surface area (Å²) in [4.78, 5) is 11.1. The van der Waals surface area contributed by atoms with Gasteiger partial charge in [-0.2, -0.15) is 0 Å². The summed E-state index contributed by atoms with van der Waals surface area (Å²) in [5, 5.41) is 2.63. The molecule has 75 valence electrons. The van der Waals surface area contributed by atoms with E-state index >= 15 is 0 Å². The Balaban J connectivity index is 2.76. The average Bonchev–Trinajstić information content (AvgIpc) is 2.13. The van der Waals surface area contributed by atoms with Crippen molar-refractivity contribution in [2.45, 2.75) is 13.8 Å². The molecule has 0 fully saturated rings. The highest BCUT2D eigenvalue weighted by atomic mass is 16.5. The molecule has 0 aromatic heterocycles. The summed E-state index contributed by atoms with van der Waals surface area (Å²) in [5.74, 6) is 0. The van der Waals surface area contributed by atoms with Crippen LogP contribution in [0.2, 0.25) is 0 Å². The first-order valence-corrected chi connectivity index (χ1v) is 4.50. The van der Waals surface area contributed by atoms with Crippen molar-refractivity contribution in [2.75, 3.05) is 11.9 Å². The van der Waals surface area contributed by atoms with Crippen molar-refractivity contribution in [2.24, 2.45) is 0 Å². The van der Waals surface area contributed by atoms with Gasteiger partial charge in [0.1, 0.15) is 0 Å². The molecule has 0 saturated heterocycles. The van der Waals surface area contributed by atoms with Gasteiger partial charge in [0.25, 0.3) is 0 Å². The number of nitrogens with one attached hydrogen (secondary N) is 1. The van der Waals surface area contributed by atoms with Gasteiger partial charge < -0.3 is 4.74 Å². The molecule has 0 aliphatic rings. The summed E-state index contributed by atoms with van der Waals surface area (Å²) < 4.78 is 4.76. The van der Waals surface area contributed by atoms with Crippen LogP contribution in [0.4, 0.5) is 10.5 Å². The first kappa shape index (κ1) is 10.6. The zero-order valence-corrected chi connectivity index (χ0v) is 8.46. The molecule has 0 bridgehead atoms. The number of benzene rings is 1. The number of hydrogen-bond acceptors (Lipinski definition) is 2. The Labute approximate surface area is 84.1 Å². The van der Waals surface area contributed by atoms with Gasteiger partial charge in [0.15, 0.2) is 0 Å². The lowest BCUT2D eigenvalue weighted by Crippen LogP contribution is -2.14. The number of amides is 1. The Bertz CT molecular complexity index is 334. The van der Waals surface area contributed by atoms with Crippen LogP contribution in [-0.2, 0) is 4.74 Å². The summed E-state index contributed by atoms with van der Waals surface area (Å²) in [5.41, 5.74) is 2.56. The third-order valence-corrected chi connectivity index (χ3v) is 1.92. The maximum atomic E-state index is 11.1. The first-order chi connectivity index (χ1) is 6.65. The van der Waals surface area contributed by atoms with Crippen molar-refractivity contribution < 1.29 is 9.53 Å². The second kappa shape index (κ2) is 4.65. The van der Waals surface area contributed by atoms with Crippen LogP contribution in [0.5, 0.6) is 0 Å². The Morgan fingerprint density at radius 2 is 2.29 bits per heavy atom. The fourth-order valence-corrected chi connectivity index (χ4v) is 1.10. The van der Waals surface area contributed by atoms with Crippen molar-refractivity contribution in [3.8, 4) is 0 Å². The minimum absolute atomic E-state index is 0.365. The molecular formula is C11H14NO2. The van der Waals surface area contributed by atoms with E-state index in [4.69, 9.17) is 4.74 Å². The van der Waals surface area contributed by atoms with E-state index in [2.05, 4.69) is 12.2 Å². The van der Waals surface area contributed by atoms with Gasteiger partial charge in [-0.25, -0.2) is 4.79 Å². The average molecular weight is 192 g/mol. The Hall–Kier alpha value is -1.51. The molecule has 0 aliphatic carbocycles. The van der Waals surface area contributed by atoms with Crippen molar-refractivity contribution in [3.05, 3.63) is 36.2 Å². The van der Waals surface area contributed by atoms with E-state index in [9.17, 15) is 4.79 Å². The minimum atomic E-state index is -0.442. The van der Waals surface area contributed by atoms with Gasteiger partial charge in [-0.15, -0.1) is 0 Å². The number of carbonyl (C=O) groups excluding carboxylic acids is 1. The van der Waals surface area contributed by atoms with Crippen LogP contribution in [0.3, 0.4) is 0 Å². The maximum absolute atomic E-state index is 11.1. The molecule has 0 saturated carbocycles. The maximum Gasteiger partial charge on any atom is 0.411 e. The highest BCUT2D eigenvalue weighted by Gasteiger charge is 2.05. The molecule has 0 atom stereocenters. The molecule has 3 heteroatoms. The number of anilines is 1. The minimum Gasteiger partial charge on any atom is -0.450 e. The van der Waals surface area contributed by atoms with Gasteiger partial charge in [-0.05, 0) is 38.0 Å². The summed E-state index contributed by atoms with van der Waals surface area (Å²) in [6.07, 6.45) is -0.442. The number of ether oxygens (including phenoxy) is 1. The Morgan fingerprint density at radius 3 is 2.93 bits per heavy atom. The predicted molar refractivity (Wildman–Crippen MR) is 56.3 cm³/mol. The number of carbonyl (C=O) groups is 1. The van der Waals surface area contributed by atoms with E-state index in [-0.39, 0.29) is 0 Å². The third kappa shape index (κ3) is 2.49. The van der Waals surface area contributed by atoms with E-state index in [0.29, 0.717) is 12.3 Å². The van der Waals surface area contributed by atoms with Gasteiger partial charge >= 0.3 is 6.09 Å². The quantitative estimate of drug-likeness (QED) is 0.782. The molecule has 0 heterocycles. The van der Waals surface area contributed by atoms with Crippen molar-refractivity contribution in [1.82, 2.24) is 0 Å². The van der Waals surface area contributed by atoms with Gasteiger partial charge in [0.05, 0.1) is 6.61 Å². The van der Waals surface area contributed by atoms with Gasteiger partial charge in [0, 0.05) is 5.69 Å². The fourth-order valence-electron chi connectivity index (χ4n) is 1.10. The van der Waals surface area contributed by atoms with Crippen molar-refractivity contribution >= 4 is 11.8 Å². The lowest BCUT2D eigenvalue weighted by Gasteiger charge is -2.09. The lowest BCUT2D eigenvalue weighted by molar-refractivity contribution is 0.168. The summed E-state index contributed by atoms with van der Waals surface area (Å²) >= 11 is 0. The van der Waals surface area contributed by atoms with Crippen LogP contribution in [0.25, 0.3) is 0 Å². The van der Waals surface area contributed by atoms with Crippen LogP contribution >= 0.6 is 0 Å². The van der Waals surface area contributed by atoms with Crippen LogP contribution in [-0.4, -0.2) is 12.7 Å². The highest BCUT2D eigenvalue weighted by molar-refractivity contribution is 5.86. The molecule has 1 aromatic carbocycles. The van der Waals surface area contributed by atoms with Gasteiger partial charge in [-0.3, -0.25) is 5.32 Å². The Kier molecular flexibility index (Phi) is 3.51. The molecule has 1 rings (SSSR count). The van der Waals surface area contributed by atoms with Crippen molar-refractivity contribution in [3.63, 3.8) is 0 Å². The van der Waals surface area contributed by atoms with Crippen LogP contribution in [0.15, 0.2) is 18.2 Å². The van der Waals surface area contributed by atoms with E-state index in [1.807, 2.05) is 19.1 Å². The summed E-state index contributed by atoms with van der Waals surface area (Å²) in [7, 11) is 0. The second-order valence-electron chi connectivity index (χ2n) is 2.95. The topological polar surface area (TPSA) is 38.3 Å².